The fourth-order valence-corrected chi connectivity index (χ4v) is 4.00. The monoisotopic (exact) mass is 428 g/mol. The van der Waals surface area contributed by atoms with Gasteiger partial charge in [0.15, 0.2) is 0 Å². The molecule has 2 aromatic carbocycles. The minimum atomic E-state index is -0.670. The van der Waals surface area contributed by atoms with E-state index in [2.05, 4.69) is 21.0 Å². The quantitative estimate of drug-likeness (QED) is 0.470. The molecular weight excluding hydrogens is 417 g/mol. The summed E-state index contributed by atoms with van der Waals surface area (Å²) in [4.78, 5) is -0.588. The Morgan fingerprint density at radius 3 is 2.36 bits per heavy atom. The number of hydrogen-bond acceptors (Lipinski definition) is 1. The molecule has 7 heteroatoms. The molecule has 0 saturated carbocycles. The topological polar surface area (TPSA) is 17.8 Å². The van der Waals surface area contributed by atoms with Crippen LogP contribution in [0.4, 0.5) is 13.2 Å². The molecule has 130 valence electrons. The lowest BCUT2D eigenvalue weighted by Gasteiger charge is -2.15. The molecule has 1 unspecified atom stereocenters. The summed E-state index contributed by atoms with van der Waals surface area (Å²) in [5.74, 6) is -1.77. The van der Waals surface area contributed by atoms with Crippen molar-refractivity contribution in [2.24, 2.45) is 7.05 Å². The molecule has 0 bridgehead atoms. The van der Waals surface area contributed by atoms with Crippen LogP contribution in [0.2, 0.25) is 5.02 Å². The zero-order valence-corrected chi connectivity index (χ0v) is 15.7. The summed E-state index contributed by atoms with van der Waals surface area (Å²) >= 11 is 9.68. The number of aryl methyl sites for hydroxylation is 2. The maximum Gasteiger partial charge on any atom is 0.130 e. The van der Waals surface area contributed by atoms with Crippen LogP contribution in [0.15, 0.2) is 36.4 Å². The molecule has 0 amide bonds. The molecule has 2 nitrogen and oxygen atoms in total. The number of rotatable bonds is 3. The average molecular weight is 430 g/mol. The molecule has 1 atom stereocenters. The molecule has 0 spiro atoms. The van der Waals surface area contributed by atoms with E-state index in [-0.39, 0.29) is 10.6 Å². The van der Waals surface area contributed by atoms with Gasteiger partial charge in [0, 0.05) is 29.8 Å². The van der Waals surface area contributed by atoms with Crippen LogP contribution in [0.25, 0.3) is 11.1 Å². The Morgan fingerprint density at radius 2 is 1.72 bits per heavy atom. The SMILES string of the molecule is Cc1nn(C)c(C(Br)c2ccc(F)cc2F)c1-c1ccc(F)cc1Cl. The lowest BCUT2D eigenvalue weighted by atomic mass is 9.98. The van der Waals surface area contributed by atoms with Crippen molar-refractivity contribution in [1.82, 2.24) is 9.78 Å². The minimum Gasteiger partial charge on any atom is -0.270 e. The van der Waals surface area contributed by atoms with Crippen LogP contribution in [0.3, 0.4) is 0 Å². The van der Waals surface area contributed by atoms with Gasteiger partial charge in [-0.2, -0.15) is 5.10 Å². The van der Waals surface area contributed by atoms with E-state index in [4.69, 9.17) is 11.6 Å². The molecule has 3 rings (SSSR count). The highest BCUT2D eigenvalue weighted by atomic mass is 79.9. The standard InChI is InChI=1S/C18H13BrClF3N2/c1-9-16(12-5-3-10(21)7-14(12)20)18(25(2)24-9)17(19)13-6-4-11(22)8-15(13)23/h3-8,17H,1-2H3. The molecule has 0 radical (unpaired) electrons. The van der Waals surface area contributed by atoms with Gasteiger partial charge in [0.1, 0.15) is 17.5 Å². The smallest absolute Gasteiger partial charge is 0.130 e. The van der Waals surface area contributed by atoms with E-state index in [9.17, 15) is 13.2 Å². The van der Waals surface area contributed by atoms with Crippen molar-refractivity contribution in [3.05, 3.63) is 75.8 Å². The van der Waals surface area contributed by atoms with E-state index in [0.717, 1.165) is 6.07 Å². The second-order valence-corrected chi connectivity index (χ2v) is 6.94. The van der Waals surface area contributed by atoms with Crippen LogP contribution in [-0.2, 0) is 7.05 Å². The first kappa shape index (κ1) is 18.0. The molecular formula is C18H13BrClF3N2. The Labute approximate surface area is 156 Å². The predicted molar refractivity (Wildman–Crippen MR) is 95.5 cm³/mol. The lowest BCUT2D eigenvalue weighted by molar-refractivity contribution is 0.572. The zero-order valence-electron chi connectivity index (χ0n) is 13.3. The number of nitrogens with zero attached hydrogens (tertiary/aromatic N) is 2. The van der Waals surface area contributed by atoms with Crippen molar-refractivity contribution in [1.29, 1.82) is 0 Å². The minimum absolute atomic E-state index is 0.233. The molecule has 25 heavy (non-hydrogen) atoms. The van der Waals surface area contributed by atoms with Gasteiger partial charge in [0.25, 0.3) is 0 Å². The summed E-state index contributed by atoms with van der Waals surface area (Å²) in [5, 5.41) is 4.62. The highest BCUT2D eigenvalue weighted by molar-refractivity contribution is 9.09. The maximum absolute atomic E-state index is 14.2. The summed E-state index contributed by atoms with van der Waals surface area (Å²) < 4.78 is 42.4. The van der Waals surface area contributed by atoms with Gasteiger partial charge >= 0.3 is 0 Å². The van der Waals surface area contributed by atoms with Gasteiger partial charge in [0.2, 0.25) is 0 Å². The first-order valence-corrected chi connectivity index (χ1v) is 8.67. The first-order chi connectivity index (χ1) is 11.8. The third-order valence-electron chi connectivity index (χ3n) is 3.94. The molecule has 1 aromatic heterocycles. The van der Waals surface area contributed by atoms with Crippen LogP contribution in [0.5, 0.6) is 0 Å². The van der Waals surface area contributed by atoms with Crippen molar-refractivity contribution in [2.75, 3.05) is 0 Å². The highest BCUT2D eigenvalue weighted by Crippen LogP contribution is 2.41. The molecule has 0 aliphatic heterocycles. The van der Waals surface area contributed by atoms with Crippen LogP contribution in [-0.4, -0.2) is 9.78 Å². The molecule has 0 aliphatic rings. The van der Waals surface area contributed by atoms with Gasteiger partial charge in [-0.3, -0.25) is 4.68 Å². The summed E-state index contributed by atoms with van der Waals surface area (Å²) in [6.45, 7) is 1.79. The highest BCUT2D eigenvalue weighted by Gasteiger charge is 2.26. The normalized spacial score (nSPS) is 12.4. The zero-order chi connectivity index (χ0) is 18.3. The van der Waals surface area contributed by atoms with Crippen LogP contribution < -0.4 is 0 Å². The molecule has 0 fully saturated rings. The third-order valence-corrected chi connectivity index (χ3v) is 5.18. The Morgan fingerprint density at radius 1 is 1.08 bits per heavy atom. The fraction of sp³-hybridized carbons (Fsp3) is 0.167. The molecule has 3 aromatic rings. The second kappa shape index (κ2) is 6.84. The molecule has 0 saturated heterocycles. The second-order valence-electron chi connectivity index (χ2n) is 5.62. The number of aromatic nitrogens is 2. The van der Waals surface area contributed by atoms with Gasteiger partial charge in [-0.25, -0.2) is 13.2 Å². The average Bonchev–Trinajstić information content (AvgIpc) is 2.81. The lowest BCUT2D eigenvalue weighted by Crippen LogP contribution is -2.05. The van der Waals surface area contributed by atoms with Crippen molar-refractivity contribution in [3.8, 4) is 11.1 Å². The number of halogens is 5. The van der Waals surface area contributed by atoms with E-state index in [1.807, 2.05) is 0 Å². The number of alkyl halides is 1. The van der Waals surface area contributed by atoms with Gasteiger partial charge < -0.3 is 0 Å². The van der Waals surface area contributed by atoms with E-state index in [0.29, 0.717) is 22.5 Å². The Kier molecular flexibility index (Phi) is 4.93. The molecule has 0 aliphatic carbocycles. The van der Waals surface area contributed by atoms with E-state index < -0.39 is 22.3 Å². The van der Waals surface area contributed by atoms with E-state index >= 15 is 0 Å². The molecule has 0 N–H and O–H groups in total. The van der Waals surface area contributed by atoms with Gasteiger partial charge in [-0.15, -0.1) is 0 Å². The summed E-state index contributed by atoms with van der Waals surface area (Å²) in [6, 6.07) is 7.49. The number of benzene rings is 2. The predicted octanol–water partition coefficient (Wildman–Crippen LogP) is 5.95. The van der Waals surface area contributed by atoms with Gasteiger partial charge in [-0.1, -0.05) is 33.6 Å². The fourth-order valence-electron chi connectivity index (χ4n) is 2.85. The third kappa shape index (κ3) is 3.33. The Bertz CT molecular complexity index is 956. The van der Waals surface area contributed by atoms with Crippen molar-refractivity contribution >= 4 is 27.5 Å². The Hall–Kier alpha value is -1.79. The first-order valence-electron chi connectivity index (χ1n) is 7.37. The van der Waals surface area contributed by atoms with Gasteiger partial charge in [-0.05, 0) is 31.2 Å². The van der Waals surface area contributed by atoms with Crippen molar-refractivity contribution in [2.45, 2.75) is 11.8 Å². The summed E-state index contributed by atoms with van der Waals surface area (Å²) in [5.41, 5.74) is 2.84. The van der Waals surface area contributed by atoms with Crippen molar-refractivity contribution < 1.29 is 13.2 Å². The van der Waals surface area contributed by atoms with Crippen molar-refractivity contribution in [3.63, 3.8) is 0 Å². The summed E-state index contributed by atoms with van der Waals surface area (Å²) in [7, 11) is 1.72. The van der Waals surface area contributed by atoms with E-state index in [1.54, 1.807) is 24.7 Å². The molecule has 1 heterocycles. The van der Waals surface area contributed by atoms with Crippen LogP contribution in [0.1, 0.15) is 21.8 Å². The van der Waals surface area contributed by atoms with E-state index in [1.165, 1.54) is 24.3 Å². The largest absolute Gasteiger partial charge is 0.270 e. The van der Waals surface area contributed by atoms with Crippen LogP contribution >= 0.6 is 27.5 Å². The van der Waals surface area contributed by atoms with Crippen LogP contribution in [0, 0.1) is 24.4 Å². The Balaban J connectivity index is 2.20. The maximum atomic E-state index is 14.2. The van der Waals surface area contributed by atoms with Gasteiger partial charge in [0.05, 0.1) is 21.2 Å². The summed E-state index contributed by atoms with van der Waals surface area (Å²) in [6.07, 6.45) is 0. The number of hydrogen-bond donors (Lipinski definition) is 0.